The minimum atomic E-state index is -0.104. The second-order valence-corrected chi connectivity index (χ2v) is 7.70. The van der Waals surface area contributed by atoms with Gasteiger partial charge in [-0.05, 0) is 43.0 Å². The fourth-order valence-corrected chi connectivity index (χ4v) is 3.47. The molecule has 0 radical (unpaired) electrons. The molecule has 3 heterocycles. The number of nitrogens with zero attached hydrogens (tertiary/aromatic N) is 2. The normalized spacial score (nSPS) is 12.0. The molecule has 0 aliphatic heterocycles. The number of fused-ring (bicyclic) bond motifs is 1. The third-order valence-corrected chi connectivity index (χ3v) is 4.94. The lowest BCUT2D eigenvalue weighted by molar-refractivity contribution is 0.604. The Labute approximate surface area is 133 Å². The number of hydrogen-bond acceptors (Lipinski definition) is 4. The highest BCUT2D eigenvalue weighted by Crippen LogP contribution is 2.32. The van der Waals surface area contributed by atoms with Crippen LogP contribution in [-0.2, 0) is 5.41 Å². The van der Waals surface area contributed by atoms with Gasteiger partial charge < -0.3 is 4.98 Å². The van der Waals surface area contributed by atoms with Crippen LogP contribution in [0.1, 0.15) is 36.9 Å². The second-order valence-electron chi connectivity index (χ2n) is 6.67. The Morgan fingerprint density at radius 2 is 1.82 bits per heavy atom. The summed E-state index contributed by atoms with van der Waals surface area (Å²) in [6.07, 6.45) is 0. The van der Waals surface area contributed by atoms with Crippen LogP contribution in [0.15, 0.2) is 23.0 Å². The Kier molecular flexibility index (Phi) is 3.40. The number of aryl methyl sites for hydroxylation is 2. The van der Waals surface area contributed by atoms with E-state index in [0.29, 0.717) is 16.9 Å². The highest BCUT2D eigenvalue weighted by molar-refractivity contribution is 7.18. The summed E-state index contributed by atoms with van der Waals surface area (Å²) in [4.78, 5) is 26.3. The molecule has 3 rings (SSSR count). The van der Waals surface area contributed by atoms with Crippen molar-refractivity contribution in [1.82, 2.24) is 15.0 Å². The predicted molar refractivity (Wildman–Crippen MR) is 91.6 cm³/mol. The lowest BCUT2D eigenvalue weighted by Gasteiger charge is -2.14. The van der Waals surface area contributed by atoms with Crippen molar-refractivity contribution in [1.29, 1.82) is 0 Å². The van der Waals surface area contributed by atoms with Gasteiger partial charge in [0.05, 0.1) is 5.39 Å². The van der Waals surface area contributed by atoms with Gasteiger partial charge in [-0.2, -0.15) is 0 Å². The molecular formula is C17H19N3OS. The molecule has 0 aliphatic carbocycles. The molecule has 5 heteroatoms. The van der Waals surface area contributed by atoms with Crippen molar-refractivity contribution in [3.63, 3.8) is 0 Å². The quantitative estimate of drug-likeness (QED) is 0.739. The third kappa shape index (κ3) is 2.68. The highest BCUT2D eigenvalue weighted by atomic mass is 32.1. The topological polar surface area (TPSA) is 58.6 Å². The number of pyridine rings is 1. The maximum atomic E-state index is 12.4. The Balaban J connectivity index is 2.22. The smallest absolute Gasteiger partial charge is 0.259 e. The molecule has 0 aliphatic rings. The molecule has 0 amide bonds. The molecule has 1 N–H and O–H groups in total. The summed E-state index contributed by atoms with van der Waals surface area (Å²) in [5.41, 5.74) is 2.64. The van der Waals surface area contributed by atoms with Crippen LogP contribution < -0.4 is 5.56 Å². The molecule has 3 aromatic heterocycles. The number of aromatic nitrogens is 3. The van der Waals surface area contributed by atoms with E-state index in [1.165, 1.54) is 0 Å². The molecule has 0 unspecified atom stereocenters. The maximum Gasteiger partial charge on any atom is 0.259 e. The molecule has 0 aromatic carbocycles. The van der Waals surface area contributed by atoms with Crippen LogP contribution in [0, 0.1) is 13.8 Å². The molecule has 0 bridgehead atoms. The standard InChI is InChI=1S/C17H19N3OS/c1-9-6-10(2)18-12(7-9)14-19-15(21)11-8-13(17(3,4)5)22-16(11)20-14/h6-8H,1-5H3,(H,19,20,21). The molecule has 0 fully saturated rings. The Bertz CT molecular complexity index is 896. The lowest BCUT2D eigenvalue weighted by atomic mass is 9.94. The fraction of sp³-hybridized carbons (Fsp3) is 0.353. The average Bonchev–Trinajstić information content (AvgIpc) is 2.82. The van der Waals surface area contributed by atoms with Crippen molar-refractivity contribution >= 4 is 21.6 Å². The first kappa shape index (κ1) is 14.9. The summed E-state index contributed by atoms with van der Waals surface area (Å²) in [6, 6.07) is 5.89. The summed E-state index contributed by atoms with van der Waals surface area (Å²) in [5, 5.41) is 0.656. The molecule has 114 valence electrons. The monoisotopic (exact) mass is 313 g/mol. The van der Waals surface area contributed by atoms with Gasteiger partial charge in [0.15, 0.2) is 5.82 Å². The van der Waals surface area contributed by atoms with Crippen molar-refractivity contribution < 1.29 is 0 Å². The van der Waals surface area contributed by atoms with E-state index < -0.39 is 0 Å². The van der Waals surface area contributed by atoms with Crippen molar-refractivity contribution in [3.05, 3.63) is 44.7 Å². The average molecular weight is 313 g/mol. The SMILES string of the molecule is Cc1cc(C)nc(-c2nc3sc(C(C)(C)C)cc3c(=O)[nH]2)c1. The second kappa shape index (κ2) is 5.02. The predicted octanol–water partition coefficient (Wildman–Crippen LogP) is 3.96. The summed E-state index contributed by atoms with van der Waals surface area (Å²) >= 11 is 1.58. The third-order valence-electron chi connectivity index (χ3n) is 3.48. The number of rotatable bonds is 1. The zero-order valence-corrected chi connectivity index (χ0v) is 14.3. The highest BCUT2D eigenvalue weighted by Gasteiger charge is 2.19. The van der Waals surface area contributed by atoms with E-state index in [1.807, 2.05) is 32.0 Å². The van der Waals surface area contributed by atoms with E-state index in [1.54, 1.807) is 11.3 Å². The number of thiophene rings is 1. The van der Waals surface area contributed by atoms with Crippen LogP contribution in [0.5, 0.6) is 0 Å². The van der Waals surface area contributed by atoms with Crippen LogP contribution in [-0.4, -0.2) is 15.0 Å². The summed E-state index contributed by atoms with van der Waals surface area (Å²) in [5.74, 6) is 0.534. The van der Waals surface area contributed by atoms with Gasteiger partial charge in [0.25, 0.3) is 5.56 Å². The number of H-pyrrole nitrogens is 1. The van der Waals surface area contributed by atoms with E-state index in [9.17, 15) is 4.79 Å². The minimum Gasteiger partial charge on any atom is -0.305 e. The zero-order chi connectivity index (χ0) is 16.1. The van der Waals surface area contributed by atoms with Crippen molar-refractivity contribution in [2.24, 2.45) is 0 Å². The van der Waals surface area contributed by atoms with E-state index in [2.05, 4.69) is 35.7 Å². The number of nitrogens with one attached hydrogen (secondary N) is 1. The van der Waals surface area contributed by atoms with Crippen LogP contribution in [0.2, 0.25) is 0 Å². The molecule has 0 atom stereocenters. The molecule has 0 spiro atoms. The van der Waals surface area contributed by atoms with E-state index in [0.717, 1.165) is 21.0 Å². The minimum absolute atomic E-state index is 0.0101. The van der Waals surface area contributed by atoms with Gasteiger partial charge in [0.2, 0.25) is 0 Å². The molecule has 0 saturated heterocycles. The summed E-state index contributed by atoms with van der Waals surface area (Å²) in [6.45, 7) is 10.4. The zero-order valence-electron chi connectivity index (χ0n) is 13.4. The van der Waals surface area contributed by atoms with Crippen molar-refractivity contribution in [2.75, 3.05) is 0 Å². The Hall–Kier alpha value is -2.01. The molecular weight excluding hydrogens is 294 g/mol. The first-order valence-electron chi connectivity index (χ1n) is 7.24. The molecule has 22 heavy (non-hydrogen) atoms. The van der Waals surface area contributed by atoms with E-state index in [-0.39, 0.29) is 11.0 Å². The van der Waals surface area contributed by atoms with E-state index in [4.69, 9.17) is 0 Å². The van der Waals surface area contributed by atoms with Crippen LogP contribution >= 0.6 is 11.3 Å². The number of aromatic amines is 1. The van der Waals surface area contributed by atoms with Gasteiger partial charge in [0.1, 0.15) is 10.5 Å². The summed E-state index contributed by atoms with van der Waals surface area (Å²) < 4.78 is 0. The molecule has 0 saturated carbocycles. The van der Waals surface area contributed by atoms with Gasteiger partial charge >= 0.3 is 0 Å². The summed E-state index contributed by atoms with van der Waals surface area (Å²) in [7, 11) is 0. The molecule has 4 nitrogen and oxygen atoms in total. The number of hydrogen-bond donors (Lipinski definition) is 1. The van der Waals surface area contributed by atoms with Gasteiger partial charge in [-0.15, -0.1) is 11.3 Å². The maximum absolute atomic E-state index is 12.4. The van der Waals surface area contributed by atoms with Gasteiger partial charge in [-0.1, -0.05) is 20.8 Å². The van der Waals surface area contributed by atoms with Crippen LogP contribution in [0.4, 0.5) is 0 Å². The van der Waals surface area contributed by atoms with Crippen LogP contribution in [0.3, 0.4) is 0 Å². The van der Waals surface area contributed by atoms with Crippen molar-refractivity contribution in [2.45, 2.75) is 40.0 Å². The largest absolute Gasteiger partial charge is 0.305 e. The van der Waals surface area contributed by atoms with Gasteiger partial charge in [0, 0.05) is 10.6 Å². The Morgan fingerprint density at radius 1 is 1.09 bits per heavy atom. The van der Waals surface area contributed by atoms with Crippen LogP contribution in [0.25, 0.3) is 21.7 Å². The van der Waals surface area contributed by atoms with Crippen molar-refractivity contribution in [3.8, 4) is 11.5 Å². The Morgan fingerprint density at radius 3 is 2.45 bits per heavy atom. The lowest BCUT2D eigenvalue weighted by Crippen LogP contribution is -2.10. The molecule has 3 aromatic rings. The van der Waals surface area contributed by atoms with E-state index >= 15 is 0 Å². The fourth-order valence-electron chi connectivity index (χ4n) is 2.39. The van der Waals surface area contributed by atoms with Gasteiger partial charge in [-0.3, -0.25) is 4.79 Å². The first-order chi connectivity index (χ1) is 10.2. The van der Waals surface area contributed by atoms with Gasteiger partial charge in [-0.25, -0.2) is 9.97 Å². The first-order valence-corrected chi connectivity index (χ1v) is 8.06.